The summed E-state index contributed by atoms with van der Waals surface area (Å²) in [6.45, 7) is 5.88. The Labute approximate surface area is 119 Å². The summed E-state index contributed by atoms with van der Waals surface area (Å²) in [4.78, 5) is 34.6. The van der Waals surface area contributed by atoms with Gasteiger partial charge in [0.25, 0.3) is 0 Å². The first kappa shape index (κ1) is 18.2. The minimum absolute atomic E-state index is 0.113. The fourth-order valence-electron chi connectivity index (χ4n) is 1.70. The van der Waals surface area contributed by atoms with Crippen LogP contribution in [0.3, 0.4) is 0 Å². The molecular formula is C13H25N3O4. The number of nitrogens with zero attached hydrogens (tertiary/aromatic N) is 1. The zero-order valence-electron chi connectivity index (χ0n) is 12.4. The van der Waals surface area contributed by atoms with Gasteiger partial charge in [-0.05, 0) is 32.6 Å². The molecule has 1 unspecified atom stereocenters. The Bertz CT molecular complexity index is 345. The highest BCUT2D eigenvalue weighted by atomic mass is 16.4. The number of carboxylic acids is 1. The van der Waals surface area contributed by atoms with Crippen molar-refractivity contribution in [1.29, 1.82) is 0 Å². The monoisotopic (exact) mass is 287 g/mol. The molecule has 0 rings (SSSR count). The van der Waals surface area contributed by atoms with Crippen LogP contribution in [0.5, 0.6) is 0 Å². The van der Waals surface area contributed by atoms with Crippen molar-refractivity contribution in [3.63, 3.8) is 0 Å². The van der Waals surface area contributed by atoms with Crippen LogP contribution in [-0.2, 0) is 9.59 Å². The summed E-state index contributed by atoms with van der Waals surface area (Å²) in [6.07, 6.45) is 1.41. The quantitative estimate of drug-likeness (QED) is 0.581. The smallest absolute Gasteiger partial charge is 0.318 e. The van der Waals surface area contributed by atoms with E-state index in [4.69, 9.17) is 10.8 Å². The lowest BCUT2D eigenvalue weighted by Gasteiger charge is -2.25. The number of urea groups is 1. The van der Waals surface area contributed by atoms with Crippen molar-refractivity contribution in [3.05, 3.63) is 0 Å². The van der Waals surface area contributed by atoms with Crippen LogP contribution in [-0.4, -0.2) is 47.0 Å². The summed E-state index contributed by atoms with van der Waals surface area (Å²) in [7, 11) is 0. The molecule has 20 heavy (non-hydrogen) atoms. The van der Waals surface area contributed by atoms with Crippen LogP contribution in [0.1, 0.15) is 40.0 Å². The van der Waals surface area contributed by atoms with Gasteiger partial charge in [0, 0.05) is 19.0 Å². The Morgan fingerprint density at radius 2 is 1.80 bits per heavy atom. The van der Waals surface area contributed by atoms with Crippen LogP contribution >= 0.6 is 0 Å². The van der Waals surface area contributed by atoms with Crippen molar-refractivity contribution >= 4 is 17.9 Å². The van der Waals surface area contributed by atoms with Gasteiger partial charge in [0.2, 0.25) is 5.91 Å². The number of carbonyl (C=O) groups excluding carboxylic acids is 2. The van der Waals surface area contributed by atoms with E-state index in [1.807, 2.05) is 6.92 Å². The third-order valence-electron chi connectivity index (χ3n) is 2.97. The first-order valence-corrected chi connectivity index (χ1v) is 6.78. The average molecular weight is 287 g/mol. The molecule has 7 heteroatoms. The molecule has 1 atom stereocenters. The molecule has 0 saturated heterocycles. The van der Waals surface area contributed by atoms with Gasteiger partial charge in [-0.25, -0.2) is 4.79 Å². The van der Waals surface area contributed by atoms with Crippen LogP contribution in [0.15, 0.2) is 0 Å². The van der Waals surface area contributed by atoms with E-state index < -0.39 is 11.9 Å². The van der Waals surface area contributed by atoms with E-state index in [2.05, 4.69) is 5.32 Å². The van der Waals surface area contributed by atoms with Crippen molar-refractivity contribution in [2.75, 3.05) is 13.1 Å². The van der Waals surface area contributed by atoms with Crippen molar-refractivity contribution in [1.82, 2.24) is 10.2 Å². The van der Waals surface area contributed by atoms with Gasteiger partial charge in [-0.15, -0.1) is 0 Å². The predicted molar refractivity (Wildman–Crippen MR) is 75.1 cm³/mol. The van der Waals surface area contributed by atoms with Gasteiger partial charge >= 0.3 is 12.0 Å². The SMILES string of the molecule is CC(CCNC(=O)N(CC(N)=O)C(C)C)CCC(=O)O. The number of nitrogens with one attached hydrogen (secondary N) is 1. The third-order valence-corrected chi connectivity index (χ3v) is 2.97. The molecule has 0 fully saturated rings. The highest BCUT2D eigenvalue weighted by Crippen LogP contribution is 2.09. The fraction of sp³-hybridized carbons (Fsp3) is 0.769. The normalized spacial score (nSPS) is 12.0. The van der Waals surface area contributed by atoms with Crippen molar-refractivity contribution in [2.24, 2.45) is 11.7 Å². The Kier molecular flexibility index (Phi) is 8.35. The minimum Gasteiger partial charge on any atom is -0.481 e. The van der Waals surface area contributed by atoms with Crippen molar-refractivity contribution < 1.29 is 19.5 Å². The molecule has 116 valence electrons. The molecule has 0 aromatic carbocycles. The number of amides is 3. The second-order valence-corrected chi connectivity index (χ2v) is 5.25. The number of rotatable bonds is 9. The summed E-state index contributed by atoms with van der Waals surface area (Å²) in [5.41, 5.74) is 5.10. The first-order valence-electron chi connectivity index (χ1n) is 6.78. The average Bonchev–Trinajstić information content (AvgIpc) is 2.32. The maximum atomic E-state index is 11.9. The van der Waals surface area contributed by atoms with Gasteiger partial charge in [0.05, 0.1) is 0 Å². The molecule has 0 saturated carbocycles. The summed E-state index contributed by atoms with van der Waals surface area (Å²) >= 11 is 0. The van der Waals surface area contributed by atoms with Gasteiger partial charge < -0.3 is 21.1 Å². The molecule has 4 N–H and O–H groups in total. The van der Waals surface area contributed by atoms with E-state index in [0.717, 1.165) is 0 Å². The lowest BCUT2D eigenvalue weighted by molar-refractivity contribution is -0.137. The molecule has 0 aliphatic carbocycles. The lowest BCUT2D eigenvalue weighted by atomic mass is 10.0. The molecule has 0 aromatic rings. The standard InChI is InChI=1S/C13H25N3O4/c1-9(2)16(8-11(14)17)13(20)15-7-6-10(3)4-5-12(18)19/h9-10H,4-8H2,1-3H3,(H2,14,17)(H,15,20)(H,18,19). The number of hydrogen-bond acceptors (Lipinski definition) is 3. The topological polar surface area (TPSA) is 113 Å². The van der Waals surface area contributed by atoms with E-state index in [1.54, 1.807) is 13.8 Å². The molecule has 0 aliphatic rings. The molecule has 0 bridgehead atoms. The second-order valence-electron chi connectivity index (χ2n) is 5.25. The second kappa shape index (κ2) is 9.17. The molecular weight excluding hydrogens is 262 g/mol. The van der Waals surface area contributed by atoms with Gasteiger partial charge in [0.15, 0.2) is 0 Å². The van der Waals surface area contributed by atoms with Crippen LogP contribution in [0.4, 0.5) is 4.79 Å². The molecule has 0 radical (unpaired) electrons. The van der Waals surface area contributed by atoms with Crippen molar-refractivity contribution in [3.8, 4) is 0 Å². The highest BCUT2D eigenvalue weighted by Gasteiger charge is 2.18. The molecule has 0 heterocycles. The van der Waals surface area contributed by atoms with E-state index >= 15 is 0 Å². The maximum absolute atomic E-state index is 11.9. The number of aliphatic carboxylic acids is 1. The molecule has 3 amide bonds. The Morgan fingerprint density at radius 3 is 2.25 bits per heavy atom. The lowest BCUT2D eigenvalue weighted by Crippen LogP contribution is -2.48. The molecule has 0 aromatic heterocycles. The van der Waals surface area contributed by atoms with Crippen LogP contribution in [0.2, 0.25) is 0 Å². The summed E-state index contributed by atoms with van der Waals surface area (Å²) in [5, 5.41) is 11.3. The van der Waals surface area contributed by atoms with E-state index in [1.165, 1.54) is 4.90 Å². The van der Waals surface area contributed by atoms with Gasteiger partial charge in [-0.2, -0.15) is 0 Å². The van der Waals surface area contributed by atoms with E-state index in [0.29, 0.717) is 19.4 Å². The zero-order chi connectivity index (χ0) is 15.7. The zero-order valence-corrected chi connectivity index (χ0v) is 12.4. The number of nitrogens with two attached hydrogens (primary N) is 1. The fourth-order valence-corrected chi connectivity index (χ4v) is 1.70. The van der Waals surface area contributed by atoms with Crippen LogP contribution in [0.25, 0.3) is 0 Å². The minimum atomic E-state index is -0.812. The number of primary amides is 1. The molecule has 0 aliphatic heterocycles. The van der Waals surface area contributed by atoms with Gasteiger partial charge in [-0.3, -0.25) is 9.59 Å². The van der Waals surface area contributed by atoms with E-state index in [9.17, 15) is 14.4 Å². The summed E-state index contributed by atoms with van der Waals surface area (Å²) in [6, 6.07) is -0.448. The van der Waals surface area contributed by atoms with Crippen LogP contribution in [0, 0.1) is 5.92 Å². The van der Waals surface area contributed by atoms with Gasteiger partial charge in [-0.1, -0.05) is 6.92 Å². The highest BCUT2D eigenvalue weighted by molar-refractivity contribution is 5.83. The number of hydrogen-bond donors (Lipinski definition) is 3. The Hall–Kier alpha value is -1.79. The maximum Gasteiger partial charge on any atom is 0.318 e. The number of carboxylic acid groups (broad SMARTS) is 1. The Morgan fingerprint density at radius 1 is 1.20 bits per heavy atom. The third kappa shape index (κ3) is 8.34. The van der Waals surface area contributed by atoms with Gasteiger partial charge in [0.1, 0.15) is 6.54 Å². The van der Waals surface area contributed by atoms with E-state index in [-0.39, 0.29) is 31.0 Å². The summed E-state index contributed by atoms with van der Waals surface area (Å²) < 4.78 is 0. The summed E-state index contributed by atoms with van der Waals surface area (Å²) in [5.74, 6) is -1.15. The Balaban J connectivity index is 4.06. The predicted octanol–water partition coefficient (Wildman–Crippen LogP) is 0.783. The largest absolute Gasteiger partial charge is 0.481 e. The number of carbonyl (C=O) groups is 3. The van der Waals surface area contributed by atoms with Crippen LogP contribution < -0.4 is 11.1 Å². The molecule has 7 nitrogen and oxygen atoms in total. The molecule has 0 spiro atoms. The first-order chi connectivity index (χ1) is 9.23. The van der Waals surface area contributed by atoms with Crippen molar-refractivity contribution in [2.45, 2.75) is 46.1 Å².